The van der Waals surface area contributed by atoms with Crippen LogP contribution in [0.3, 0.4) is 0 Å². The molecule has 0 aliphatic heterocycles. The number of hydrogen-bond donors (Lipinski definition) is 2. The van der Waals surface area contributed by atoms with Crippen LogP contribution in [0.2, 0.25) is 0 Å². The second kappa shape index (κ2) is 6.09. The van der Waals surface area contributed by atoms with E-state index in [0.717, 1.165) is 30.6 Å². The van der Waals surface area contributed by atoms with Gasteiger partial charge in [-0.1, -0.05) is 31.5 Å². The first kappa shape index (κ1) is 11.6. The predicted molar refractivity (Wildman–Crippen MR) is 64.9 cm³/mol. The first-order valence-electron chi connectivity index (χ1n) is 5.29. The maximum Gasteiger partial charge on any atom is 0.0568 e. The number of hydrazine groups is 1. The number of allylic oxidation sites excluding steroid dienone is 1. The van der Waals surface area contributed by atoms with E-state index >= 15 is 0 Å². The highest BCUT2D eigenvalue weighted by molar-refractivity contribution is 5.47. The highest BCUT2D eigenvalue weighted by Crippen LogP contribution is 2.11. The van der Waals surface area contributed by atoms with Crippen LogP contribution in [0.5, 0.6) is 0 Å². The Kier molecular flexibility index (Phi) is 4.71. The van der Waals surface area contributed by atoms with Gasteiger partial charge in [-0.05, 0) is 25.0 Å². The second-order valence-corrected chi connectivity index (χ2v) is 3.55. The average Bonchev–Trinajstić information content (AvgIpc) is 2.27. The molecule has 0 spiro atoms. The lowest BCUT2D eigenvalue weighted by Gasteiger charge is -2.14. The summed E-state index contributed by atoms with van der Waals surface area (Å²) in [5.74, 6) is 5.84. The van der Waals surface area contributed by atoms with Crippen LogP contribution in [0.15, 0.2) is 42.2 Å². The van der Waals surface area contributed by atoms with Gasteiger partial charge in [0.25, 0.3) is 0 Å². The van der Waals surface area contributed by atoms with Gasteiger partial charge in [0, 0.05) is 11.9 Å². The van der Waals surface area contributed by atoms with Crippen molar-refractivity contribution in [1.29, 1.82) is 0 Å². The molecular weight excluding hydrogens is 186 g/mol. The van der Waals surface area contributed by atoms with E-state index in [0.29, 0.717) is 0 Å². The van der Waals surface area contributed by atoms with Gasteiger partial charge >= 0.3 is 0 Å². The van der Waals surface area contributed by atoms with Crippen LogP contribution in [0, 0.1) is 0 Å². The monoisotopic (exact) mass is 205 g/mol. The Bertz CT molecular complexity index is 306. The normalized spacial score (nSPS) is 11.5. The molecular formula is C12H19N3. The van der Waals surface area contributed by atoms with Crippen LogP contribution in [0.25, 0.3) is 0 Å². The van der Waals surface area contributed by atoms with E-state index in [-0.39, 0.29) is 0 Å². The standard InChI is InChI=1S/C12H19N3/c1-2-3-7-11(13)10-15(14)12-8-5-4-6-9-12/h4-6,8-10H,2-3,7,13-14H2,1H3/b11-10-. The summed E-state index contributed by atoms with van der Waals surface area (Å²) in [7, 11) is 0. The quantitative estimate of drug-likeness (QED) is 0.573. The van der Waals surface area contributed by atoms with Crippen molar-refractivity contribution in [3.8, 4) is 0 Å². The summed E-state index contributed by atoms with van der Waals surface area (Å²) < 4.78 is 0. The van der Waals surface area contributed by atoms with E-state index in [1.165, 1.54) is 0 Å². The molecule has 0 aliphatic carbocycles. The van der Waals surface area contributed by atoms with E-state index in [1.54, 1.807) is 11.2 Å². The maximum atomic E-state index is 5.84. The molecule has 0 saturated carbocycles. The summed E-state index contributed by atoms with van der Waals surface area (Å²) in [6.07, 6.45) is 4.93. The van der Waals surface area contributed by atoms with Crippen LogP contribution in [0.4, 0.5) is 5.69 Å². The van der Waals surface area contributed by atoms with Gasteiger partial charge in [-0.2, -0.15) is 0 Å². The van der Waals surface area contributed by atoms with Gasteiger partial charge in [-0.15, -0.1) is 0 Å². The first-order valence-corrected chi connectivity index (χ1v) is 5.29. The lowest BCUT2D eigenvalue weighted by atomic mass is 10.2. The minimum Gasteiger partial charge on any atom is -0.401 e. The Balaban J connectivity index is 2.58. The number of anilines is 1. The van der Waals surface area contributed by atoms with Crippen LogP contribution in [-0.2, 0) is 0 Å². The molecule has 3 heteroatoms. The minimum absolute atomic E-state index is 0.822. The summed E-state index contributed by atoms with van der Waals surface area (Å²) in [6.45, 7) is 2.14. The van der Waals surface area contributed by atoms with E-state index < -0.39 is 0 Å². The van der Waals surface area contributed by atoms with E-state index in [9.17, 15) is 0 Å². The Morgan fingerprint density at radius 2 is 2.00 bits per heavy atom. The number of unbranched alkanes of at least 4 members (excludes halogenated alkanes) is 1. The number of nitrogens with two attached hydrogens (primary N) is 2. The molecule has 1 aromatic rings. The van der Waals surface area contributed by atoms with Crippen LogP contribution in [0.1, 0.15) is 26.2 Å². The van der Waals surface area contributed by atoms with Gasteiger partial charge in [0.2, 0.25) is 0 Å². The van der Waals surface area contributed by atoms with E-state index in [1.807, 2.05) is 30.3 Å². The van der Waals surface area contributed by atoms with E-state index in [2.05, 4.69) is 6.92 Å². The third-order valence-corrected chi connectivity index (χ3v) is 2.18. The Morgan fingerprint density at radius 3 is 2.60 bits per heavy atom. The molecule has 0 amide bonds. The summed E-state index contributed by atoms with van der Waals surface area (Å²) in [5.41, 5.74) is 7.60. The predicted octanol–water partition coefficient (Wildman–Crippen LogP) is 2.36. The lowest BCUT2D eigenvalue weighted by Crippen LogP contribution is -2.25. The van der Waals surface area contributed by atoms with Crippen molar-refractivity contribution >= 4 is 5.69 Å². The zero-order valence-electron chi connectivity index (χ0n) is 9.19. The molecule has 1 rings (SSSR count). The van der Waals surface area contributed by atoms with Crippen molar-refractivity contribution in [1.82, 2.24) is 0 Å². The largest absolute Gasteiger partial charge is 0.401 e. The summed E-state index contributed by atoms with van der Waals surface area (Å²) in [5, 5.41) is 1.56. The van der Waals surface area contributed by atoms with Gasteiger partial charge < -0.3 is 5.73 Å². The van der Waals surface area contributed by atoms with Crippen molar-refractivity contribution in [3.63, 3.8) is 0 Å². The molecule has 4 N–H and O–H groups in total. The first-order chi connectivity index (χ1) is 7.24. The molecule has 0 unspecified atom stereocenters. The Labute approximate surface area is 91.3 Å². The Morgan fingerprint density at radius 1 is 1.33 bits per heavy atom. The van der Waals surface area contributed by atoms with Crippen molar-refractivity contribution in [2.75, 3.05) is 5.01 Å². The number of nitrogens with zero attached hydrogens (tertiary/aromatic N) is 1. The zero-order valence-corrected chi connectivity index (χ0v) is 9.19. The second-order valence-electron chi connectivity index (χ2n) is 3.55. The summed E-state index contributed by atoms with van der Waals surface area (Å²) >= 11 is 0. The smallest absolute Gasteiger partial charge is 0.0568 e. The molecule has 0 atom stereocenters. The lowest BCUT2D eigenvalue weighted by molar-refractivity contribution is 0.776. The van der Waals surface area contributed by atoms with Gasteiger partial charge in [-0.25, -0.2) is 5.84 Å². The van der Waals surface area contributed by atoms with Crippen molar-refractivity contribution in [2.45, 2.75) is 26.2 Å². The van der Waals surface area contributed by atoms with Gasteiger partial charge in [0.05, 0.1) is 5.69 Å². The topological polar surface area (TPSA) is 55.3 Å². The van der Waals surface area contributed by atoms with Gasteiger partial charge in [-0.3, -0.25) is 5.01 Å². The molecule has 0 radical (unpaired) electrons. The van der Waals surface area contributed by atoms with Gasteiger partial charge in [0.15, 0.2) is 0 Å². The maximum absolute atomic E-state index is 5.84. The molecule has 1 aromatic carbocycles. The van der Waals surface area contributed by atoms with Crippen LogP contribution in [-0.4, -0.2) is 0 Å². The minimum atomic E-state index is 0.822. The van der Waals surface area contributed by atoms with Gasteiger partial charge in [0.1, 0.15) is 0 Å². The van der Waals surface area contributed by atoms with Crippen LogP contribution < -0.4 is 16.6 Å². The van der Waals surface area contributed by atoms with Crippen molar-refractivity contribution in [2.24, 2.45) is 11.6 Å². The summed E-state index contributed by atoms with van der Waals surface area (Å²) in [6, 6.07) is 9.76. The molecule has 3 nitrogen and oxygen atoms in total. The van der Waals surface area contributed by atoms with Crippen molar-refractivity contribution in [3.05, 3.63) is 42.2 Å². The number of benzene rings is 1. The molecule has 0 bridgehead atoms. The Hall–Kier alpha value is -1.48. The molecule has 0 heterocycles. The molecule has 0 fully saturated rings. The van der Waals surface area contributed by atoms with Crippen LogP contribution >= 0.6 is 0 Å². The molecule has 0 aliphatic rings. The van der Waals surface area contributed by atoms with Crippen molar-refractivity contribution < 1.29 is 0 Å². The average molecular weight is 205 g/mol. The SMILES string of the molecule is CCCC/C(N)=C/N(N)c1ccccc1. The third kappa shape index (κ3) is 4.04. The third-order valence-electron chi connectivity index (χ3n) is 2.18. The molecule has 0 aromatic heterocycles. The fraction of sp³-hybridized carbons (Fsp3) is 0.333. The highest BCUT2D eigenvalue weighted by atomic mass is 15.4. The fourth-order valence-corrected chi connectivity index (χ4v) is 1.30. The highest BCUT2D eigenvalue weighted by Gasteiger charge is 1.97. The van der Waals surface area contributed by atoms with E-state index in [4.69, 9.17) is 11.6 Å². The number of para-hydroxylation sites is 1. The molecule has 82 valence electrons. The number of hydrogen-bond acceptors (Lipinski definition) is 3. The fourth-order valence-electron chi connectivity index (χ4n) is 1.30. The number of rotatable bonds is 5. The summed E-state index contributed by atoms with van der Waals surface area (Å²) in [4.78, 5) is 0. The molecule has 0 saturated heterocycles. The zero-order chi connectivity index (χ0) is 11.1. The molecule has 15 heavy (non-hydrogen) atoms.